The number of pyridine rings is 1. The first kappa shape index (κ1) is 14.8. The number of nitrogens with zero attached hydrogens (tertiary/aromatic N) is 2. The molecule has 1 aromatic rings. The number of rotatable bonds is 5. The van der Waals surface area contributed by atoms with Crippen LogP contribution in [0.1, 0.15) is 38.7 Å². The summed E-state index contributed by atoms with van der Waals surface area (Å²) >= 11 is 3.52. The minimum atomic E-state index is 0.492. The van der Waals surface area contributed by atoms with Crippen molar-refractivity contribution in [1.29, 1.82) is 0 Å². The largest absolute Gasteiger partial charge is 0.356 e. The van der Waals surface area contributed by atoms with Crippen LogP contribution in [0, 0.1) is 5.41 Å². The predicted molar refractivity (Wildman–Crippen MR) is 84.5 cm³/mol. The maximum Gasteiger partial charge on any atom is 0.133 e. The third-order valence-corrected chi connectivity index (χ3v) is 4.95. The number of anilines is 1. The van der Waals surface area contributed by atoms with Crippen LogP contribution in [0.25, 0.3) is 0 Å². The average molecular weight is 326 g/mol. The van der Waals surface area contributed by atoms with Crippen molar-refractivity contribution in [3.8, 4) is 0 Å². The van der Waals surface area contributed by atoms with Gasteiger partial charge in [0, 0.05) is 35.9 Å². The van der Waals surface area contributed by atoms with Gasteiger partial charge in [-0.15, -0.1) is 0 Å². The zero-order valence-corrected chi connectivity index (χ0v) is 13.8. The van der Waals surface area contributed by atoms with E-state index < -0.39 is 0 Å². The monoisotopic (exact) mass is 325 g/mol. The van der Waals surface area contributed by atoms with Crippen LogP contribution in [0.15, 0.2) is 16.7 Å². The molecule has 3 nitrogen and oxygen atoms in total. The molecule has 0 unspecified atom stereocenters. The van der Waals surface area contributed by atoms with Gasteiger partial charge in [0.2, 0.25) is 0 Å². The fourth-order valence-corrected chi connectivity index (χ4v) is 3.40. The number of hydrogen-bond donors (Lipinski definition) is 1. The van der Waals surface area contributed by atoms with Crippen molar-refractivity contribution >= 4 is 21.7 Å². The Kier molecular flexibility index (Phi) is 4.85. The quantitative estimate of drug-likeness (QED) is 0.896. The van der Waals surface area contributed by atoms with E-state index in [1.54, 1.807) is 0 Å². The highest BCUT2D eigenvalue weighted by atomic mass is 79.9. The molecule has 0 spiro atoms. The smallest absolute Gasteiger partial charge is 0.133 e. The number of aromatic nitrogens is 1. The van der Waals surface area contributed by atoms with Gasteiger partial charge in [-0.05, 0) is 53.7 Å². The van der Waals surface area contributed by atoms with E-state index in [-0.39, 0.29) is 0 Å². The molecule has 2 rings (SSSR count). The zero-order chi connectivity index (χ0) is 13.9. The van der Waals surface area contributed by atoms with Crippen LogP contribution in [0.4, 0.5) is 5.82 Å². The van der Waals surface area contributed by atoms with Gasteiger partial charge in [-0.1, -0.05) is 13.8 Å². The van der Waals surface area contributed by atoms with E-state index >= 15 is 0 Å². The topological polar surface area (TPSA) is 28.2 Å². The maximum absolute atomic E-state index is 4.65. The van der Waals surface area contributed by atoms with Gasteiger partial charge in [0.05, 0.1) is 0 Å². The highest BCUT2D eigenvalue weighted by Gasteiger charge is 2.36. The van der Waals surface area contributed by atoms with Gasteiger partial charge in [-0.3, -0.25) is 0 Å². The van der Waals surface area contributed by atoms with Crippen molar-refractivity contribution in [2.45, 2.75) is 39.7 Å². The molecule has 0 radical (unpaired) electrons. The Balaban J connectivity index is 2.23. The number of nitrogens with one attached hydrogen (secondary N) is 1. The molecule has 0 saturated carbocycles. The van der Waals surface area contributed by atoms with Crippen LogP contribution in [0.5, 0.6) is 0 Å². The molecule has 1 aromatic heterocycles. The lowest BCUT2D eigenvalue weighted by Gasteiger charge is -2.27. The van der Waals surface area contributed by atoms with E-state index in [4.69, 9.17) is 0 Å². The molecule has 0 aliphatic carbocycles. The third kappa shape index (κ3) is 3.11. The average Bonchev–Trinajstić information content (AvgIpc) is 2.84. The summed E-state index contributed by atoms with van der Waals surface area (Å²) in [5.41, 5.74) is 1.77. The Labute approximate surface area is 124 Å². The summed E-state index contributed by atoms with van der Waals surface area (Å²) in [6.07, 6.45) is 5.72. The van der Waals surface area contributed by atoms with Crippen molar-refractivity contribution in [2.75, 3.05) is 25.0 Å². The highest BCUT2D eigenvalue weighted by molar-refractivity contribution is 9.10. The van der Waals surface area contributed by atoms with Gasteiger partial charge in [0.25, 0.3) is 0 Å². The number of halogens is 1. The summed E-state index contributed by atoms with van der Waals surface area (Å²) in [7, 11) is 1.98. The normalized spacial score (nSPS) is 18.0. The summed E-state index contributed by atoms with van der Waals surface area (Å²) in [5.74, 6) is 1.15. The first-order valence-corrected chi connectivity index (χ1v) is 7.97. The van der Waals surface area contributed by atoms with E-state index in [1.807, 2.05) is 13.2 Å². The second kappa shape index (κ2) is 6.23. The van der Waals surface area contributed by atoms with Gasteiger partial charge in [-0.25, -0.2) is 4.98 Å². The molecular weight excluding hydrogens is 302 g/mol. The molecule has 0 aromatic carbocycles. The van der Waals surface area contributed by atoms with Crippen LogP contribution in [0.3, 0.4) is 0 Å². The third-order valence-electron chi connectivity index (χ3n) is 4.51. The minimum absolute atomic E-state index is 0.492. The SMILES string of the molecule is CCC1(CC)CCN(c2ncc(Br)cc2CNC)C1. The molecule has 0 bridgehead atoms. The summed E-state index contributed by atoms with van der Waals surface area (Å²) in [4.78, 5) is 7.12. The molecular formula is C15H24BrN3. The maximum atomic E-state index is 4.65. The summed E-state index contributed by atoms with van der Waals surface area (Å²) in [6.45, 7) is 7.77. The lowest BCUT2D eigenvalue weighted by atomic mass is 9.82. The molecule has 106 valence electrons. The molecule has 1 aliphatic rings. The molecule has 1 fully saturated rings. The highest BCUT2D eigenvalue weighted by Crippen LogP contribution is 2.39. The van der Waals surface area contributed by atoms with Gasteiger partial charge in [0.15, 0.2) is 0 Å². The Morgan fingerprint density at radius 2 is 2.16 bits per heavy atom. The van der Waals surface area contributed by atoms with Gasteiger partial charge in [0.1, 0.15) is 5.82 Å². The molecule has 2 heterocycles. The predicted octanol–water partition coefficient (Wildman–Crippen LogP) is 3.58. The molecule has 19 heavy (non-hydrogen) atoms. The van der Waals surface area contributed by atoms with E-state index in [0.717, 1.165) is 29.9 Å². The van der Waals surface area contributed by atoms with Gasteiger partial charge < -0.3 is 10.2 Å². The Morgan fingerprint density at radius 1 is 1.42 bits per heavy atom. The lowest BCUT2D eigenvalue weighted by molar-refractivity contribution is 0.301. The van der Waals surface area contributed by atoms with Crippen LogP contribution < -0.4 is 10.2 Å². The van der Waals surface area contributed by atoms with Crippen LogP contribution in [0.2, 0.25) is 0 Å². The van der Waals surface area contributed by atoms with Gasteiger partial charge in [-0.2, -0.15) is 0 Å². The second-order valence-corrected chi connectivity index (χ2v) is 6.46. The van der Waals surface area contributed by atoms with Crippen molar-refractivity contribution < 1.29 is 0 Å². The molecule has 4 heteroatoms. The zero-order valence-electron chi connectivity index (χ0n) is 12.2. The first-order chi connectivity index (χ1) is 9.14. The second-order valence-electron chi connectivity index (χ2n) is 5.55. The lowest BCUT2D eigenvalue weighted by Crippen LogP contribution is -2.28. The fourth-order valence-electron chi connectivity index (χ4n) is 3.02. The van der Waals surface area contributed by atoms with Crippen molar-refractivity contribution in [2.24, 2.45) is 5.41 Å². The van der Waals surface area contributed by atoms with Crippen LogP contribution in [-0.4, -0.2) is 25.1 Å². The van der Waals surface area contributed by atoms with E-state index in [9.17, 15) is 0 Å². The minimum Gasteiger partial charge on any atom is -0.356 e. The number of hydrogen-bond acceptors (Lipinski definition) is 3. The van der Waals surface area contributed by atoms with E-state index in [2.05, 4.69) is 51.0 Å². The Bertz CT molecular complexity index is 429. The summed E-state index contributed by atoms with van der Waals surface area (Å²) < 4.78 is 1.05. The Hall–Kier alpha value is -0.610. The standard InChI is InChI=1S/C15H24BrN3/c1-4-15(5-2)6-7-19(11-15)14-12(9-17-3)8-13(16)10-18-14/h8,10,17H,4-7,9,11H2,1-3H3. The summed E-state index contributed by atoms with van der Waals surface area (Å²) in [6, 6.07) is 2.18. The van der Waals surface area contributed by atoms with E-state index in [0.29, 0.717) is 5.41 Å². The molecule has 1 saturated heterocycles. The fraction of sp³-hybridized carbons (Fsp3) is 0.667. The van der Waals surface area contributed by atoms with Crippen molar-refractivity contribution in [3.05, 3.63) is 22.3 Å². The molecule has 1 aliphatic heterocycles. The molecule has 1 N–H and O–H groups in total. The summed E-state index contributed by atoms with van der Waals surface area (Å²) in [5, 5.41) is 3.24. The van der Waals surface area contributed by atoms with E-state index in [1.165, 1.54) is 24.8 Å². The Morgan fingerprint density at radius 3 is 2.74 bits per heavy atom. The van der Waals surface area contributed by atoms with Crippen molar-refractivity contribution in [3.63, 3.8) is 0 Å². The van der Waals surface area contributed by atoms with Crippen LogP contribution >= 0.6 is 15.9 Å². The van der Waals surface area contributed by atoms with Gasteiger partial charge >= 0.3 is 0 Å². The van der Waals surface area contributed by atoms with Crippen molar-refractivity contribution in [1.82, 2.24) is 10.3 Å². The molecule has 0 atom stereocenters. The first-order valence-electron chi connectivity index (χ1n) is 7.18. The molecule has 0 amide bonds. The van der Waals surface area contributed by atoms with Crippen LogP contribution in [-0.2, 0) is 6.54 Å².